The molecule has 21 heavy (non-hydrogen) atoms. The molecule has 0 atom stereocenters. The molecular formula is C13H10F3NO3S. The molecule has 0 amide bonds. The smallest absolute Gasteiger partial charge is 0.288 e. The van der Waals surface area contributed by atoms with Crippen molar-refractivity contribution in [2.75, 3.05) is 5.75 Å². The first kappa shape index (κ1) is 17.0. The highest BCUT2D eigenvalue weighted by Crippen LogP contribution is 2.33. The summed E-state index contributed by atoms with van der Waals surface area (Å²) in [5.74, 6) is 5.14. The molecular weight excluding hydrogens is 307 g/mol. The lowest BCUT2D eigenvalue weighted by molar-refractivity contribution is -0.384. The van der Waals surface area contributed by atoms with Crippen molar-refractivity contribution in [3.63, 3.8) is 0 Å². The van der Waals surface area contributed by atoms with Gasteiger partial charge in [-0.1, -0.05) is 23.6 Å². The number of halogens is 3. The van der Waals surface area contributed by atoms with Gasteiger partial charge in [-0.05, 0) is 6.07 Å². The molecule has 0 fully saturated rings. The van der Waals surface area contributed by atoms with Crippen LogP contribution in [0.1, 0.15) is 24.5 Å². The lowest BCUT2D eigenvalue weighted by Gasteiger charge is -2.08. The molecule has 0 aliphatic rings. The van der Waals surface area contributed by atoms with Crippen LogP contribution >= 0.6 is 11.8 Å². The van der Waals surface area contributed by atoms with Gasteiger partial charge in [0, 0.05) is 36.8 Å². The molecule has 1 rings (SSSR count). The molecule has 0 saturated heterocycles. The van der Waals surface area contributed by atoms with Crippen molar-refractivity contribution >= 4 is 22.6 Å². The monoisotopic (exact) mass is 317 g/mol. The second-order valence-corrected chi connectivity index (χ2v) is 5.15. The quantitative estimate of drug-likeness (QED) is 0.370. The van der Waals surface area contributed by atoms with Gasteiger partial charge in [0.1, 0.15) is 0 Å². The van der Waals surface area contributed by atoms with Crippen molar-refractivity contribution in [2.24, 2.45) is 0 Å². The van der Waals surface area contributed by atoms with Crippen molar-refractivity contribution in [3.8, 4) is 11.8 Å². The Morgan fingerprint density at radius 1 is 1.43 bits per heavy atom. The first-order valence-electron chi connectivity index (χ1n) is 5.69. The molecule has 8 heteroatoms. The van der Waals surface area contributed by atoms with Gasteiger partial charge in [0.05, 0.1) is 10.5 Å². The van der Waals surface area contributed by atoms with Crippen molar-refractivity contribution in [3.05, 3.63) is 39.4 Å². The van der Waals surface area contributed by atoms with Crippen LogP contribution < -0.4 is 0 Å². The molecule has 0 spiro atoms. The number of thioether (sulfide) groups is 1. The second-order valence-electron chi connectivity index (χ2n) is 3.88. The van der Waals surface area contributed by atoms with E-state index in [0.29, 0.717) is 11.8 Å². The van der Waals surface area contributed by atoms with E-state index in [0.717, 1.165) is 23.9 Å². The van der Waals surface area contributed by atoms with Crippen LogP contribution in [0, 0.1) is 22.0 Å². The van der Waals surface area contributed by atoms with Crippen LogP contribution in [0.25, 0.3) is 0 Å². The van der Waals surface area contributed by atoms with Gasteiger partial charge in [-0.25, -0.2) is 0 Å². The number of alkyl halides is 3. The van der Waals surface area contributed by atoms with Gasteiger partial charge in [0.25, 0.3) is 5.69 Å². The van der Waals surface area contributed by atoms with Crippen LogP contribution in [0.4, 0.5) is 18.9 Å². The SMILES string of the molecule is CC(=O)SCCC#Cc1cc([N+](=O)[O-])ccc1C(F)(F)F. The Kier molecular flexibility index (Phi) is 5.79. The van der Waals surface area contributed by atoms with E-state index in [1.54, 1.807) is 0 Å². The Bertz CT molecular complexity index is 617. The summed E-state index contributed by atoms with van der Waals surface area (Å²) in [5.41, 5.74) is -1.91. The molecule has 1 aromatic rings. The van der Waals surface area contributed by atoms with Gasteiger partial charge in [-0.2, -0.15) is 13.2 Å². The second kappa shape index (κ2) is 7.13. The van der Waals surface area contributed by atoms with Gasteiger partial charge >= 0.3 is 6.18 Å². The van der Waals surface area contributed by atoms with E-state index < -0.39 is 27.9 Å². The van der Waals surface area contributed by atoms with Gasteiger partial charge in [-0.3, -0.25) is 14.9 Å². The number of carbonyl (C=O) groups excluding carboxylic acids is 1. The Labute approximate surface area is 122 Å². The maximum atomic E-state index is 12.8. The van der Waals surface area contributed by atoms with Gasteiger partial charge in [0.15, 0.2) is 5.12 Å². The Balaban J connectivity index is 3.02. The fourth-order valence-electron chi connectivity index (χ4n) is 1.40. The fourth-order valence-corrected chi connectivity index (χ4v) is 1.89. The average molecular weight is 317 g/mol. The maximum absolute atomic E-state index is 12.8. The number of hydrogen-bond donors (Lipinski definition) is 0. The lowest BCUT2D eigenvalue weighted by atomic mass is 10.1. The van der Waals surface area contributed by atoms with E-state index in [1.165, 1.54) is 6.92 Å². The largest absolute Gasteiger partial charge is 0.417 e. The summed E-state index contributed by atoms with van der Waals surface area (Å²) in [6, 6.07) is 2.24. The van der Waals surface area contributed by atoms with Gasteiger partial charge in [0.2, 0.25) is 0 Å². The van der Waals surface area contributed by atoms with Crippen molar-refractivity contribution < 1.29 is 22.9 Å². The van der Waals surface area contributed by atoms with Crippen LogP contribution in [0.5, 0.6) is 0 Å². The molecule has 0 aliphatic heterocycles. The van der Waals surface area contributed by atoms with Crippen molar-refractivity contribution in [2.45, 2.75) is 19.5 Å². The molecule has 1 aromatic carbocycles. The van der Waals surface area contributed by atoms with E-state index in [1.807, 2.05) is 0 Å². The Morgan fingerprint density at radius 3 is 2.62 bits per heavy atom. The van der Waals surface area contributed by atoms with Crippen LogP contribution in [0.3, 0.4) is 0 Å². The maximum Gasteiger partial charge on any atom is 0.417 e. The minimum Gasteiger partial charge on any atom is -0.288 e. The molecule has 0 bridgehead atoms. The molecule has 0 radical (unpaired) electrons. The first-order chi connectivity index (χ1) is 9.71. The van der Waals surface area contributed by atoms with Gasteiger partial charge in [-0.15, -0.1) is 0 Å². The summed E-state index contributed by atoms with van der Waals surface area (Å²) >= 11 is 1.01. The molecule has 0 aliphatic carbocycles. The van der Waals surface area contributed by atoms with Crippen LogP contribution in [0.15, 0.2) is 18.2 Å². The molecule has 0 heterocycles. The number of hydrogen-bond acceptors (Lipinski definition) is 4. The summed E-state index contributed by atoms with van der Waals surface area (Å²) in [5, 5.41) is 10.5. The van der Waals surface area contributed by atoms with Gasteiger partial charge < -0.3 is 0 Å². The number of non-ortho nitro benzene ring substituents is 1. The number of rotatable bonds is 3. The van der Waals surface area contributed by atoms with Crippen molar-refractivity contribution in [1.29, 1.82) is 0 Å². The van der Waals surface area contributed by atoms with Crippen LogP contribution in [0.2, 0.25) is 0 Å². The molecule has 112 valence electrons. The first-order valence-corrected chi connectivity index (χ1v) is 6.68. The third-order valence-corrected chi connectivity index (χ3v) is 3.09. The van der Waals surface area contributed by atoms with E-state index in [-0.39, 0.29) is 11.5 Å². The third-order valence-electron chi connectivity index (χ3n) is 2.27. The number of nitro benzene ring substituents is 1. The summed E-state index contributed by atoms with van der Waals surface area (Å²) in [4.78, 5) is 20.5. The van der Waals surface area contributed by atoms with E-state index in [4.69, 9.17) is 0 Å². The number of nitrogens with zero attached hydrogens (tertiary/aromatic N) is 1. The number of carbonyl (C=O) groups is 1. The molecule has 0 N–H and O–H groups in total. The highest BCUT2D eigenvalue weighted by atomic mass is 32.2. The highest BCUT2D eigenvalue weighted by Gasteiger charge is 2.33. The number of nitro groups is 1. The van der Waals surface area contributed by atoms with Crippen molar-refractivity contribution in [1.82, 2.24) is 0 Å². The third kappa shape index (κ3) is 5.47. The summed E-state index contributed by atoms with van der Waals surface area (Å²) in [6.07, 6.45) is -4.42. The Hall–Kier alpha value is -2.01. The molecule has 4 nitrogen and oxygen atoms in total. The normalized spacial score (nSPS) is 10.7. The summed E-state index contributed by atoms with van der Waals surface area (Å²) in [7, 11) is 0. The van der Waals surface area contributed by atoms with Crippen LogP contribution in [-0.2, 0) is 11.0 Å². The predicted octanol–water partition coefficient (Wildman–Crippen LogP) is 3.63. The van der Waals surface area contributed by atoms with Crippen LogP contribution in [-0.4, -0.2) is 15.8 Å². The molecule has 0 aromatic heterocycles. The average Bonchev–Trinajstić information content (AvgIpc) is 2.36. The Morgan fingerprint density at radius 2 is 2.10 bits per heavy atom. The fraction of sp³-hybridized carbons (Fsp3) is 0.308. The highest BCUT2D eigenvalue weighted by molar-refractivity contribution is 8.13. The van der Waals surface area contributed by atoms with E-state index in [9.17, 15) is 28.1 Å². The molecule has 0 unspecified atom stereocenters. The van der Waals surface area contributed by atoms with E-state index >= 15 is 0 Å². The number of benzene rings is 1. The predicted molar refractivity (Wildman–Crippen MR) is 72.7 cm³/mol. The van der Waals surface area contributed by atoms with E-state index in [2.05, 4.69) is 11.8 Å². The standard InChI is InChI=1S/C13H10F3NO3S/c1-9(18)21-7-3-2-4-10-8-11(17(19)20)5-6-12(10)13(14,15)16/h5-6,8H,3,7H2,1H3. The minimum atomic E-state index is -4.63. The zero-order valence-electron chi connectivity index (χ0n) is 10.9. The zero-order chi connectivity index (χ0) is 16.0. The summed E-state index contributed by atoms with van der Waals surface area (Å²) in [6.45, 7) is 1.38. The molecule has 0 saturated carbocycles. The topological polar surface area (TPSA) is 60.2 Å². The lowest BCUT2D eigenvalue weighted by Crippen LogP contribution is -2.08. The summed E-state index contributed by atoms with van der Waals surface area (Å²) < 4.78 is 38.3. The zero-order valence-corrected chi connectivity index (χ0v) is 11.7. The minimum absolute atomic E-state index is 0.108.